The summed E-state index contributed by atoms with van der Waals surface area (Å²) in [6.07, 6.45) is 1.64. The third-order valence-electron chi connectivity index (χ3n) is 4.37. The summed E-state index contributed by atoms with van der Waals surface area (Å²) in [6.45, 7) is 0.522. The SMILES string of the molecule is COc1ccc(C(=O)N/C(=C\c2cccs2)C(=O)NCCOc2cccc(OC)c2)cc1. The standard InChI is InChI=1S/C24H24N2O5S/c1-29-18-10-8-17(9-11-18)23(27)26-22(16-21-7-4-14-32-21)24(28)25-12-13-31-20-6-3-5-19(15-20)30-2/h3-11,14-16H,12-13H2,1-2H3,(H,25,28)(H,26,27)/b22-16-. The lowest BCUT2D eigenvalue weighted by atomic mass is 10.2. The van der Waals surface area contributed by atoms with Crippen molar-refractivity contribution in [3.8, 4) is 17.2 Å². The van der Waals surface area contributed by atoms with Crippen LogP contribution in [-0.4, -0.2) is 39.2 Å². The Balaban J connectivity index is 1.61. The number of ether oxygens (including phenoxy) is 3. The highest BCUT2D eigenvalue weighted by Crippen LogP contribution is 2.18. The molecule has 0 saturated heterocycles. The Morgan fingerprint density at radius 1 is 0.938 bits per heavy atom. The Hall–Kier alpha value is -3.78. The number of nitrogens with one attached hydrogen (secondary N) is 2. The second-order valence-corrected chi connectivity index (χ2v) is 7.52. The van der Waals surface area contributed by atoms with E-state index in [9.17, 15) is 9.59 Å². The van der Waals surface area contributed by atoms with E-state index in [1.807, 2.05) is 35.7 Å². The van der Waals surface area contributed by atoms with Gasteiger partial charge >= 0.3 is 0 Å². The van der Waals surface area contributed by atoms with Gasteiger partial charge < -0.3 is 24.8 Å². The van der Waals surface area contributed by atoms with Gasteiger partial charge in [0.05, 0.1) is 20.8 Å². The van der Waals surface area contributed by atoms with Crippen molar-refractivity contribution in [2.24, 2.45) is 0 Å². The molecule has 1 aromatic heterocycles. The molecule has 0 unspecified atom stereocenters. The van der Waals surface area contributed by atoms with Crippen molar-refractivity contribution in [1.82, 2.24) is 10.6 Å². The molecule has 166 valence electrons. The predicted octanol–water partition coefficient (Wildman–Crippen LogP) is 3.73. The fourth-order valence-electron chi connectivity index (χ4n) is 2.73. The van der Waals surface area contributed by atoms with Gasteiger partial charge in [-0.25, -0.2) is 0 Å². The minimum atomic E-state index is -0.408. The Morgan fingerprint density at radius 3 is 2.38 bits per heavy atom. The summed E-state index contributed by atoms with van der Waals surface area (Å²) in [5.74, 6) is 1.17. The molecule has 2 N–H and O–H groups in total. The van der Waals surface area contributed by atoms with E-state index in [4.69, 9.17) is 14.2 Å². The molecule has 1 heterocycles. The van der Waals surface area contributed by atoms with Gasteiger partial charge in [-0.3, -0.25) is 9.59 Å². The fourth-order valence-corrected chi connectivity index (χ4v) is 3.39. The van der Waals surface area contributed by atoms with Crippen LogP contribution in [0.1, 0.15) is 15.2 Å². The van der Waals surface area contributed by atoms with E-state index in [0.717, 1.165) is 4.88 Å². The van der Waals surface area contributed by atoms with Gasteiger partial charge in [0.1, 0.15) is 29.6 Å². The molecule has 0 radical (unpaired) electrons. The zero-order valence-corrected chi connectivity index (χ0v) is 18.6. The van der Waals surface area contributed by atoms with Crippen LogP contribution in [0.3, 0.4) is 0 Å². The monoisotopic (exact) mass is 452 g/mol. The van der Waals surface area contributed by atoms with E-state index in [0.29, 0.717) is 22.8 Å². The number of hydrogen-bond donors (Lipinski definition) is 2. The molecular formula is C24H24N2O5S. The number of rotatable bonds is 10. The molecule has 8 heteroatoms. The molecule has 7 nitrogen and oxygen atoms in total. The number of methoxy groups -OCH3 is 2. The van der Waals surface area contributed by atoms with Gasteiger partial charge in [0.2, 0.25) is 0 Å². The second kappa shape index (κ2) is 11.6. The van der Waals surface area contributed by atoms with Gasteiger partial charge in [0.25, 0.3) is 11.8 Å². The summed E-state index contributed by atoms with van der Waals surface area (Å²) in [5.41, 5.74) is 0.562. The van der Waals surface area contributed by atoms with Crippen molar-refractivity contribution in [3.05, 3.63) is 82.2 Å². The van der Waals surface area contributed by atoms with E-state index in [2.05, 4.69) is 10.6 Å². The van der Waals surface area contributed by atoms with Gasteiger partial charge in [-0.15, -0.1) is 11.3 Å². The highest BCUT2D eigenvalue weighted by Gasteiger charge is 2.15. The molecule has 0 saturated carbocycles. The smallest absolute Gasteiger partial charge is 0.267 e. The van der Waals surface area contributed by atoms with Crippen molar-refractivity contribution in [2.75, 3.05) is 27.4 Å². The largest absolute Gasteiger partial charge is 0.497 e. The van der Waals surface area contributed by atoms with E-state index < -0.39 is 11.8 Å². The topological polar surface area (TPSA) is 85.9 Å². The predicted molar refractivity (Wildman–Crippen MR) is 124 cm³/mol. The molecule has 0 atom stereocenters. The summed E-state index contributed by atoms with van der Waals surface area (Å²) in [5, 5.41) is 7.37. The van der Waals surface area contributed by atoms with Crippen LogP contribution in [0.5, 0.6) is 17.2 Å². The quantitative estimate of drug-likeness (QED) is 0.362. The number of benzene rings is 2. The third-order valence-corrected chi connectivity index (χ3v) is 5.19. The Bertz CT molecular complexity index is 1060. The van der Waals surface area contributed by atoms with Crippen LogP contribution < -0.4 is 24.8 Å². The maximum Gasteiger partial charge on any atom is 0.267 e. The first-order valence-electron chi connectivity index (χ1n) is 9.84. The molecule has 0 aliphatic rings. The van der Waals surface area contributed by atoms with Crippen LogP contribution in [0.2, 0.25) is 0 Å². The molecule has 0 aliphatic heterocycles. The molecule has 2 amide bonds. The van der Waals surface area contributed by atoms with Gasteiger partial charge in [0.15, 0.2) is 0 Å². The van der Waals surface area contributed by atoms with Crippen LogP contribution in [0.15, 0.2) is 71.7 Å². The zero-order valence-electron chi connectivity index (χ0n) is 17.8. The molecule has 0 fully saturated rings. The van der Waals surface area contributed by atoms with Crippen molar-refractivity contribution in [3.63, 3.8) is 0 Å². The summed E-state index contributed by atoms with van der Waals surface area (Å²) < 4.78 is 15.9. The summed E-state index contributed by atoms with van der Waals surface area (Å²) in [6, 6.07) is 17.6. The van der Waals surface area contributed by atoms with Crippen LogP contribution >= 0.6 is 11.3 Å². The Kier molecular flexibility index (Phi) is 8.28. The Morgan fingerprint density at radius 2 is 1.69 bits per heavy atom. The lowest BCUT2D eigenvalue weighted by Crippen LogP contribution is -2.36. The zero-order chi connectivity index (χ0) is 22.8. The second-order valence-electron chi connectivity index (χ2n) is 6.54. The van der Waals surface area contributed by atoms with E-state index >= 15 is 0 Å². The molecular weight excluding hydrogens is 428 g/mol. The van der Waals surface area contributed by atoms with Gasteiger partial charge in [0, 0.05) is 16.5 Å². The van der Waals surface area contributed by atoms with Crippen LogP contribution in [0, 0.1) is 0 Å². The molecule has 3 aromatic rings. The lowest BCUT2D eigenvalue weighted by molar-refractivity contribution is -0.117. The number of carbonyl (C=O) groups is 2. The first-order valence-corrected chi connectivity index (χ1v) is 10.7. The highest BCUT2D eigenvalue weighted by atomic mass is 32.1. The number of hydrogen-bond acceptors (Lipinski definition) is 6. The number of thiophene rings is 1. The molecule has 0 spiro atoms. The Labute approximate surface area is 190 Å². The number of amides is 2. The molecule has 2 aromatic carbocycles. The average Bonchev–Trinajstić information content (AvgIpc) is 3.34. The van der Waals surface area contributed by atoms with Crippen LogP contribution in [0.4, 0.5) is 0 Å². The summed E-state index contributed by atoms with van der Waals surface area (Å²) >= 11 is 1.46. The van der Waals surface area contributed by atoms with E-state index in [-0.39, 0.29) is 18.8 Å². The highest BCUT2D eigenvalue weighted by molar-refractivity contribution is 7.10. The number of carbonyl (C=O) groups excluding carboxylic acids is 2. The lowest BCUT2D eigenvalue weighted by Gasteiger charge is -2.12. The van der Waals surface area contributed by atoms with E-state index in [1.54, 1.807) is 50.6 Å². The van der Waals surface area contributed by atoms with Crippen molar-refractivity contribution in [2.45, 2.75) is 0 Å². The minimum absolute atomic E-state index is 0.148. The van der Waals surface area contributed by atoms with Crippen LogP contribution in [-0.2, 0) is 4.79 Å². The van der Waals surface area contributed by atoms with E-state index in [1.165, 1.54) is 11.3 Å². The van der Waals surface area contributed by atoms with Crippen molar-refractivity contribution in [1.29, 1.82) is 0 Å². The van der Waals surface area contributed by atoms with Gasteiger partial charge in [-0.2, -0.15) is 0 Å². The van der Waals surface area contributed by atoms with Crippen molar-refractivity contribution >= 4 is 29.2 Å². The first-order chi connectivity index (χ1) is 15.6. The summed E-state index contributed by atoms with van der Waals surface area (Å²) in [4.78, 5) is 26.3. The maximum atomic E-state index is 12.8. The molecule has 3 rings (SSSR count). The molecule has 32 heavy (non-hydrogen) atoms. The molecule has 0 aliphatic carbocycles. The maximum absolute atomic E-state index is 12.8. The molecule has 0 bridgehead atoms. The third kappa shape index (κ3) is 6.61. The van der Waals surface area contributed by atoms with Crippen LogP contribution in [0.25, 0.3) is 6.08 Å². The fraction of sp³-hybridized carbons (Fsp3) is 0.167. The normalized spacial score (nSPS) is 10.9. The first kappa shape index (κ1) is 22.9. The minimum Gasteiger partial charge on any atom is -0.497 e. The van der Waals surface area contributed by atoms with Crippen molar-refractivity contribution < 1.29 is 23.8 Å². The van der Waals surface area contributed by atoms with Gasteiger partial charge in [-0.1, -0.05) is 12.1 Å². The van der Waals surface area contributed by atoms with Gasteiger partial charge in [-0.05, 0) is 53.9 Å². The average molecular weight is 453 g/mol. The summed E-state index contributed by atoms with van der Waals surface area (Å²) in [7, 11) is 3.14.